The number of hydrogen-bond donors (Lipinski definition) is 1. The van der Waals surface area contributed by atoms with Crippen LogP contribution in [0.25, 0.3) is 0 Å². The maximum atomic E-state index is 6.29. The molecule has 2 unspecified atom stereocenters. The van der Waals surface area contributed by atoms with E-state index in [1.807, 2.05) is 0 Å². The van der Waals surface area contributed by atoms with Gasteiger partial charge < -0.3 is 5.73 Å². The lowest BCUT2D eigenvalue weighted by atomic mass is 9.92. The number of hydrogen-bond acceptors (Lipinski definition) is 3. The minimum Gasteiger partial charge on any atom is -0.329 e. The molecule has 2 atom stereocenters. The summed E-state index contributed by atoms with van der Waals surface area (Å²) < 4.78 is 0. The van der Waals surface area contributed by atoms with Crippen LogP contribution >= 0.6 is 0 Å². The lowest BCUT2D eigenvalue weighted by Crippen LogP contribution is -2.58. The summed E-state index contributed by atoms with van der Waals surface area (Å²) in [6.07, 6.45) is 8.02. The number of likely N-dealkylation sites (tertiary alicyclic amines) is 1. The summed E-state index contributed by atoms with van der Waals surface area (Å²) in [6.45, 7) is 12.6. The van der Waals surface area contributed by atoms with Crippen LogP contribution in [-0.2, 0) is 0 Å². The van der Waals surface area contributed by atoms with Crippen molar-refractivity contribution in [1.82, 2.24) is 9.80 Å². The maximum absolute atomic E-state index is 6.29. The Morgan fingerprint density at radius 2 is 2.00 bits per heavy atom. The molecule has 0 aromatic rings. The summed E-state index contributed by atoms with van der Waals surface area (Å²) >= 11 is 0. The Morgan fingerprint density at radius 1 is 1.30 bits per heavy atom. The zero-order chi connectivity index (χ0) is 14.8. The lowest BCUT2D eigenvalue weighted by molar-refractivity contribution is 0.0640. The van der Waals surface area contributed by atoms with Crippen molar-refractivity contribution in [1.29, 1.82) is 0 Å². The summed E-state index contributed by atoms with van der Waals surface area (Å²) in [7, 11) is 0. The third kappa shape index (κ3) is 3.37. The van der Waals surface area contributed by atoms with Crippen molar-refractivity contribution in [3.63, 3.8) is 0 Å². The molecule has 1 saturated carbocycles. The van der Waals surface area contributed by atoms with Gasteiger partial charge in [0.1, 0.15) is 0 Å². The number of nitrogens with two attached hydrogens (primary N) is 1. The van der Waals surface area contributed by atoms with Crippen LogP contribution in [0.5, 0.6) is 0 Å². The minimum absolute atomic E-state index is 0.226. The Balaban J connectivity index is 2.06. The molecule has 0 amide bonds. The van der Waals surface area contributed by atoms with E-state index < -0.39 is 0 Å². The highest BCUT2D eigenvalue weighted by Crippen LogP contribution is 2.40. The Morgan fingerprint density at radius 3 is 2.50 bits per heavy atom. The summed E-state index contributed by atoms with van der Waals surface area (Å²) in [4.78, 5) is 5.46. The fourth-order valence-electron chi connectivity index (χ4n) is 4.17. The Kier molecular flexibility index (Phi) is 5.49. The molecule has 0 aromatic carbocycles. The molecule has 1 saturated heterocycles. The van der Waals surface area contributed by atoms with E-state index in [2.05, 4.69) is 37.5 Å². The molecule has 2 rings (SSSR count). The van der Waals surface area contributed by atoms with Gasteiger partial charge in [0.25, 0.3) is 0 Å². The third-order valence-corrected chi connectivity index (χ3v) is 5.35. The van der Waals surface area contributed by atoms with Crippen molar-refractivity contribution >= 4 is 0 Å². The van der Waals surface area contributed by atoms with E-state index in [0.717, 1.165) is 12.6 Å². The van der Waals surface area contributed by atoms with Gasteiger partial charge in [-0.2, -0.15) is 0 Å². The molecule has 1 heterocycles. The van der Waals surface area contributed by atoms with Crippen LogP contribution in [-0.4, -0.2) is 53.1 Å². The first-order valence-electron chi connectivity index (χ1n) is 8.76. The molecule has 20 heavy (non-hydrogen) atoms. The maximum Gasteiger partial charge on any atom is 0.0476 e. The van der Waals surface area contributed by atoms with Crippen LogP contribution in [0.4, 0.5) is 0 Å². The Labute approximate surface area is 125 Å². The van der Waals surface area contributed by atoms with Crippen LogP contribution in [0.15, 0.2) is 0 Å². The van der Waals surface area contributed by atoms with Crippen molar-refractivity contribution in [2.75, 3.05) is 19.6 Å². The van der Waals surface area contributed by atoms with Gasteiger partial charge >= 0.3 is 0 Å². The van der Waals surface area contributed by atoms with Crippen molar-refractivity contribution in [2.45, 2.75) is 89.9 Å². The van der Waals surface area contributed by atoms with E-state index in [4.69, 9.17) is 5.73 Å². The number of unbranched alkanes of at least 4 members (excludes halogenated alkanes) is 2. The molecule has 118 valence electrons. The second-order valence-electron chi connectivity index (χ2n) is 7.38. The summed E-state index contributed by atoms with van der Waals surface area (Å²) in [5, 5.41) is 0. The van der Waals surface area contributed by atoms with Crippen LogP contribution < -0.4 is 5.73 Å². The highest BCUT2D eigenvalue weighted by Gasteiger charge is 2.49. The topological polar surface area (TPSA) is 32.5 Å². The second-order valence-corrected chi connectivity index (χ2v) is 7.38. The molecule has 0 radical (unpaired) electrons. The average molecular weight is 281 g/mol. The molecule has 0 bridgehead atoms. The van der Waals surface area contributed by atoms with Gasteiger partial charge in [0, 0.05) is 36.8 Å². The van der Waals surface area contributed by atoms with E-state index in [0.29, 0.717) is 12.1 Å². The van der Waals surface area contributed by atoms with Gasteiger partial charge in [-0.3, -0.25) is 9.80 Å². The molecule has 0 spiro atoms. The van der Waals surface area contributed by atoms with Crippen molar-refractivity contribution < 1.29 is 0 Å². The van der Waals surface area contributed by atoms with Gasteiger partial charge in [-0.25, -0.2) is 0 Å². The number of nitrogens with zero attached hydrogens (tertiary/aromatic N) is 2. The molecule has 1 aliphatic carbocycles. The summed E-state index contributed by atoms with van der Waals surface area (Å²) in [5.41, 5.74) is 6.51. The second kappa shape index (κ2) is 6.76. The molecule has 2 aliphatic rings. The van der Waals surface area contributed by atoms with E-state index in [1.165, 1.54) is 51.6 Å². The fourth-order valence-corrected chi connectivity index (χ4v) is 4.17. The average Bonchev–Trinajstić information content (AvgIpc) is 3.19. The van der Waals surface area contributed by atoms with Crippen LogP contribution in [0, 0.1) is 0 Å². The van der Waals surface area contributed by atoms with Crippen LogP contribution in [0.1, 0.15) is 66.2 Å². The molecular formula is C17H35N3. The zero-order valence-electron chi connectivity index (χ0n) is 14.1. The van der Waals surface area contributed by atoms with Gasteiger partial charge in [0.15, 0.2) is 0 Å². The van der Waals surface area contributed by atoms with Crippen molar-refractivity contribution in [3.05, 3.63) is 0 Å². The Hall–Kier alpha value is -0.120. The summed E-state index contributed by atoms with van der Waals surface area (Å²) in [6, 6.07) is 2.17. The van der Waals surface area contributed by atoms with E-state index in [-0.39, 0.29) is 5.54 Å². The molecule has 3 nitrogen and oxygen atoms in total. The predicted octanol–water partition coefficient (Wildman–Crippen LogP) is 2.84. The standard InChI is InChI=1S/C17H35N3/c1-5-6-7-10-20(14(2)3)17(12-18)11-15(4)19(13-17)16-8-9-16/h14-16H,5-13,18H2,1-4H3. The van der Waals surface area contributed by atoms with E-state index in [1.54, 1.807) is 0 Å². The molecule has 2 fully saturated rings. The largest absolute Gasteiger partial charge is 0.329 e. The molecule has 0 aromatic heterocycles. The van der Waals surface area contributed by atoms with Gasteiger partial charge in [-0.05, 0) is 53.0 Å². The molecule has 2 N–H and O–H groups in total. The normalized spacial score (nSPS) is 31.6. The van der Waals surface area contributed by atoms with Gasteiger partial charge in [-0.15, -0.1) is 0 Å². The van der Waals surface area contributed by atoms with E-state index in [9.17, 15) is 0 Å². The lowest BCUT2D eigenvalue weighted by Gasteiger charge is -2.43. The molecule has 1 aliphatic heterocycles. The summed E-state index contributed by atoms with van der Waals surface area (Å²) in [5.74, 6) is 0. The van der Waals surface area contributed by atoms with Crippen LogP contribution in [0.3, 0.4) is 0 Å². The minimum atomic E-state index is 0.226. The van der Waals surface area contributed by atoms with Crippen LogP contribution in [0.2, 0.25) is 0 Å². The van der Waals surface area contributed by atoms with Gasteiger partial charge in [0.2, 0.25) is 0 Å². The third-order valence-electron chi connectivity index (χ3n) is 5.35. The van der Waals surface area contributed by atoms with Gasteiger partial charge in [-0.1, -0.05) is 19.8 Å². The predicted molar refractivity (Wildman–Crippen MR) is 87.0 cm³/mol. The SMILES string of the molecule is CCCCCN(C(C)C)C1(CN)CC(C)N(C2CC2)C1. The monoisotopic (exact) mass is 281 g/mol. The number of rotatable bonds is 8. The molecular weight excluding hydrogens is 246 g/mol. The van der Waals surface area contributed by atoms with Crippen molar-refractivity contribution in [3.8, 4) is 0 Å². The fraction of sp³-hybridized carbons (Fsp3) is 1.00. The first-order valence-corrected chi connectivity index (χ1v) is 8.76. The van der Waals surface area contributed by atoms with Gasteiger partial charge in [0.05, 0.1) is 0 Å². The highest BCUT2D eigenvalue weighted by atomic mass is 15.3. The first-order chi connectivity index (χ1) is 9.54. The first kappa shape index (κ1) is 16.3. The van der Waals surface area contributed by atoms with Crippen molar-refractivity contribution in [2.24, 2.45) is 5.73 Å². The van der Waals surface area contributed by atoms with E-state index >= 15 is 0 Å². The zero-order valence-corrected chi connectivity index (χ0v) is 14.1. The quantitative estimate of drug-likeness (QED) is 0.694. The highest BCUT2D eigenvalue weighted by molar-refractivity contribution is 5.07. The molecule has 3 heteroatoms. The Bertz CT molecular complexity index is 301. The smallest absolute Gasteiger partial charge is 0.0476 e.